The highest BCUT2D eigenvalue weighted by Gasteiger charge is 2.41. The Morgan fingerprint density at radius 3 is 2.69 bits per heavy atom. The number of carbonyl (C=O) groups excluding carboxylic acids is 2. The van der Waals surface area contributed by atoms with E-state index in [-0.39, 0.29) is 22.6 Å². The van der Waals surface area contributed by atoms with E-state index in [4.69, 9.17) is 0 Å². The fraction of sp³-hybridized carbons (Fsp3) is 0.286. The molecule has 1 aliphatic heterocycles. The van der Waals surface area contributed by atoms with E-state index in [0.717, 1.165) is 16.4 Å². The van der Waals surface area contributed by atoms with Gasteiger partial charge < -0.3 is 10.6 Å². The molecule has 138 valence electrons. The molecule has 2 heterocycles. The lowest BCUT2D eigenvalue weighted by Gasteiger charge is -2.33. The molecule has 1 atom stereocenters. The number of carbonyl (C=O) groups is 2. The zero-order chi connectivity index (χ0) is 18.9. The smallest absolute Gasteiger partial charge is 0.273 e. The lowest BCUT2D eigenvalue weighted by Crippen LogP contribution is -2.52. The summed E-state index contributed by atoms with van der Waals surface area (Å²) < 4.78 is 39.7. The van der Waals surface area contributed by atoms with Gasteiger partial charge >= 0.3 is 0 Å². The van der Waals surface area contributed by atoms with E-state index < -0.39 is 33.7 Å². The predicted molar refractivity (Wildman–Crippen MR) is 90.3 cm³/mol. The number of nitrogens with one attached hydrogen (secondary N) is 2. The second-order valence-corrected chi connectivity index (χ2v) is 8.46. The van der Waals surface area contributed by atoms with Crippen molar-refractivity contribution in [1.82, 2.24) is 19.8 Å². The van der Waals surface area contributed by atoms with Crippen LogP contribution in [0.1, 0.15) is 18.5 Å². The topological polar surface area (TPSA) is 121 Å². The minimum absolute atomic E-state index is 0.0190. The number of halogens is 1. The average molecular weight is 399 g/mol. The number of rotatable bonds is 4. The maximum Gasteiger partial charge on any atom is 0.273 e. The van der Waals surface area contributed by atoms with Crippen molar-refractivity contribution < 1.29 is 22.4 Å². The molecule has 2 amide bonds. The highest BCUT2D eigenvalue weighted by Crippen LogP contribution is 2.31. The number of aromatic nitrogens is 2. The second kappa shape index (κ2) is 7.05. The van der Waals surface area contributed by atoms with Crippen molar-refractivity contribution in [1.29, 1.82) is 0 Å². The lowest BCUT2D eigenvalue weighted by molar-refractivity contribution is -0.127. The second-order valence-electron chi connectivity index (χ2n) is 5.42. The van der Waals surface area contributed by atoms with Crippen molar-refractivity contribution in [2.75, 3.05) is 18.4 Å². The summed E-state index contributed by atoms with van der Waals surface area (Å²) in [4.78, 5) is 23.4. The van der Waals surface area contributed by atoms with Gasteiger partial charge in [-0.1, -0.05) is 23.5 Å². The quantitative estimate of drug-likeness (QED) is 0.722. The molecule has 1 aromatic heterocycles. The van der Waals surface area contributed by atoms with Gasteiger partial charge in [-0.05, 0) is 17.7 Å². The fourth-order valence-electron chi connectivity index (χ4n) is 2.48. The molecule has 2 aromatic rings. The summed E-state index contributed by atoms with van der Waals surface area (Å²) in [5.41, 5.74) is 0.332. The van der Waals surface area contributed by atoms with Crippen LogP contribution in [0.3, 0.4) is 0 Å². The third kappa shape index (κ3) is 3.57. The molecule has 1 fully saturated rings. The summed E-state index contributed by atoms with van der Waals surface area (Å²) in [6.45, 7) is 1.41. The molecule has 9 nitrogen and oxygen atoms in total. The Bertz CT molecular complexity index is 945. The molecule has 0 bridgehead atoms. The molecule has 12 heteroatoms. The normalized spacial score (nSPS) is 18.4. The zero-order valence-electron chi connectivity index (χ0n) is 13.5. The third-order valence-electron chi connectivity index (χ3n) is 3.57. The van der Waals surface area contributed by atoms with Gasteiger partial charge in [-0.25, -0.2) is 12.8 Å². The van der Waals surface area contributed by atoms with Crippen molar-refractivity contribution in [2.45, 2.75) is 17.3 Å². The Kier molecular flexibility index (Phi) is 4.98. The fourth-order valence-corrected chi connectivity index (χ4v) is 5.12. The molecule has 0 aliphatic carbocycles. The van der Waals surface area contributed by atoms with Crippen LogP contribution in [-0.4, -0.2) is 47.8 Å². The van der Waals surface area contributed by atoms with Crippen molar-refractivity contribution in [3.05, 3.63) is 35.6 Å². The van der Waals surface area contributed by atoms with Crippen LogP contribution in [0.15, 0.2) is 28.6 Å². The molecule has 1 saturated heterocycles. The van der Waals surface area contributed by atoms with Gasteiger partial charge in [0, 0.05) is 20.0 Å². The average Bonchev–Trinajstić information content (AvgIpc) is 3.04. The number of sulfonamides is 1. The van der Waals surface area contributed by atoms with Gasteiger partial charge in [0.25, 0.3) is 10.0 Å². The predicted octanol–water partition coefficient (Wildman–Crippen LogP) is 0.497. The molecule has 26 heavy (non-hydrogen) atoms. The van der Waals surface area contributed by atoms with Crippen LogP contribution in [0.2, 0.25) is 0 Å². The van der Waals surface area contributed by atoms with Gasteiger partial charge in [0.05, 0.1) is 0 Å². The maximum atomic E-state index is 13.2. The van der Waals surface area contributed by atoms with Crippen molar-refractivity contribution in [3.63, 3.8) is 0 Å². The third-order valence-corrected chi connectivity index (χ3v) is 6.62. The van der Waals surface area contributed by atoms with Gasteiger partial charge in [-0.2, -0.15) is 4.31 Å². The molecule has 0 radical (unpaired) electrons. The van der Waals surface area contributed by atoms with Gasteiger partial charge in [-0.3, -0.25) is 9.59 Å². The summed E-state index contributed by atoms with van der Waals surface area (Å²) in [6, 6.07) is 3.87. The summed E-state index contributed by atoms with van der Waals surface area (Å²) >= 11 is 0.687. The number of hydrogen-bond donors (Lipinski definition) is 2. The van der Waals surface area contributed by atoms with E-state index in [1.165, 1.54) is 19.1 Å². The summed E-state index contributed by atoms with van der Waals surface area (Å²) in [5, 5.41) is 12.2. The first-order valence-electron chi connectivity index (χ1n) is 7.45. The maximum absolute atomic E-state index is 13.2. The Morgan fingerprint density at radius 2 is 2.04 bits per heavy atom. The number of hydrogen-bond acceptors (Lipinski definition) is 7. The number of piperazine rings is 1. The lowest BCUT2D eigenvalue weighted by atomic mass is 10.0. The number of anilines is 1. The monoisotopic (exact) mass is 399 g/mol. The molecule has 0 saturated carbocycles. The van der Waals surface area contributed by atoms with Gasteiger partial charge in [-0.15, -0.1) is 10.2 Å². The highest BCUT2D eigenvalue weighted by molar-refractivity contribution is 7.91. The van der Waals surface area contributed by atoms with Crippen LogP contribution < -0.4 is 10.6 Å². The zero-order valence-corrected chi connectivity index (χ0v) is 15.1. The molecule has 1 aromatic carbocycles. The minimum atomic E-state index is -4.14. The van der Waals surface area contributed by atoms with Crippen LogP contribution in [0.25, 0.3) is 0 Å². The van der Waals surface area contributed by atoms with Crippen LogP contribution in [-0.2, 0) is 19.6 Å². The highest BCUT2D eigenvalue weighted by atomic mass is 32.2. The standard InChI is InChI=1S/C14H14FN5O4S2/c1-8(21)17-13-18-19-14(25-13)26(23,24)20-7-6-16-12(22)11(20)9-2-4-10(15)5-3-9/h2-5,11H,6-7H2,1H3,(H,16,22)(H,17,18,21). The van der Waals surface area contributed by atoms with Crippen molar-refractivity contribution in [3.8, 4) is 0 Å². The van der Waals surface area contributed by atoms with Gasteiger partial charge in [0.1, 0.15) is 11.9 Å². The Hall–Kier alpha value is -2.44. The molecular weight excluding hydrogens is 385 g/mol. The van der Waals surface area contributed by atoms with Crippen molar-refractivity contribution >= 4 is 38.3 Å². The summed E-state index contributed by atoms with van der Waals surface area (Å²) in [7, 11) is -4.14. The van der Waals surface area contributed by atoms with E-state index in [1.807, 2.05) is 0 Å². The first kappa shape index (κ1) is 18.4. The van der Waals surface area contributed by atoms with Crippen LogP contribution in [0, 0.1) is 5.82 Å². The molecule has 2 N–H and O–H groups in total. The Morgan fingerprint density at radius 1 is 1.35 bits per heavy atom. The summed E-state index contributed by atoms with van der Waals surface area (Å²) in [6.07, 6.45) is 0. The van der Waals surface area contributed by atoms with Gasteiger partial charge in [0.2, 0.25) is 21.3 Å². The first-order valence-corrected chi connectivity index (χ1v) is 9.71. The van der Waals surface area contributed by atoms with Crippen LogP contribution >= 0.6 is 11.3 Å². The Balaban J connectivity index is 1.97. The van der Waals surface area contributed by atoms with Crippen LogP contribution in [0.5, 0.6) is 0 Å². The molecule has 1 unspecified atom stereocenters. The number of amides is 2. The molecule has 3 rings (SSSR count). The summed E-state index contributed by atoms with van der Waals surface area (Å²) in [5.74, 6) is -1.42. The minimum Gasteiger partial charge on any atom is -0.353 e. The van der Waals surface area contributed by atoms with E-state index in [2.05, 4.69) is 20.8 Å². The Labute approximate surface area is 152 Å². The molecule has 0 spiro atoms. The molecule has 1 aliphatic rings. The van der Waals surface area contributed by atoms with E-state index >= 15 is 0 Å². The van der Waals surface area contributed by atoms with E-state index in [0.29, 0.717) is 16.9 Å². The van der Waals surface area contributed by atoms with E-state index in [1.54, 1.807) is 0 Å². The largest absolute Gasteiger partial charge is 0.353 e. The van der Waals surface area contributed by atoms with Crippen LogP contribution in [0.4, 0.5) is 9.52 Å². The van der Waals surface area contributed by atoms with Gasteiger partial charge in [0.15, 0.2) is 0 Å². The first-order chi connectivity index (χ1) is 12.3. The number of nitrogens with zero attached hydrogens (tertiary/aromatic N) is 3. The van der Waals surface area contributed by atoms with E-state index in [9.17, 15) is 22.4 Å². The number of benzene rings is 1. The molecular formula is C14H14FN5O4S2. The SMILES string of the molecule is CC(=O)Nc1nnc(S(=O)(=O)N2CCNC(=O)C2c2ccc(F)cc2)s1. The van der Waals surface area contributed by atoms with Crippen molar-refractivity contribution in [2.24, 2.45) is 0 Å².